The van der Waals surface area contributed by atoms with Gasteiger partial charge in [0, 0.05) is 13.6 Å². The summed E-state index contributed by atoms with van der Waals surface area (Å²) in [5.41, 5.74) is 2.45. The first-order chi connectivity index (χ1) is 9.85. The number of ether oxygens (including phenoxy) is 1. The molecular weight excluding hydrogens is 272 g/mol. The van der Waals surface area contributed by atoms with Crippen molar-refractivity contribution in [3.05, 3.63) is 11.4 Å². The standard InChI is InChI=1S/C14H24N4O3/c1-6-21-13(20)7-8-17(4)9-12(19)15-14-10(2)16-18(5)11(14)3/h6-9H2,1-5H3,(H,15,19). The van der Waals surface area contributed by atoms with E-state index in [1.807, 2.05) is 20.9 Å². The average molecular weight is 296 g/mol. The molecular formula is C14H24N4O3. The second kappa shape index (κ2) is 7.78. The molecule has 0 saturated carbocycles. The van der Waals surface area contributed by atoms with E-state index in [0.29, 0.717) is 13.2 Å². The van der Waals surface area contributed by atoms with Crippen molar-refractivity contribution in [3.8, 4) is 0 Å². The van der Waals surface area contributed by atoms with Crippen molar-refractivity contribution in [2.75, 3.05) is 32.1 Å². The van der Waals surface area contributed by atoms with Crippen LogP contribution in [0, 0.1) is 13.8 Å². The number of amides is 1. The minimum absolute atomic E-state index is 0.124. The zero-order valence-electron chi connectivity index (χ0n) is 13.4. The summed E-state index contributed by atoms with van der Waals surface area (Å²) < 4.78 is 6.58. The smallest absolute Gasteiger partial charge is 0.307 e. The molecule has 118 valence electrons. The normalized spacial score (nSPS) is 10.8. The Bertz CT molecular complexity index is 511. The number of nitrogens with one attached hydrogen (secondary N) is 1. The van der Waals surface area contributed by atoms with Crippen LogP contribution in [0.3, 0.4) is 0 Å². The molecule has 0 aliphatic heterocycles. The molecule has 0 spiro atoms. The number of likely N-dealkylation sites (N-methyl/N-ethyl adjacent to an activating group) is 1. The molecule has 0 aliphatic carbocycles. The maximum Gasteiger partial charge on any atom is 0.307 e. The Balaban J connectivity index is 2.44. The fourth-order valence-electron chi connectivity index (χ4n) is 1.97. The SMILES string of the molecule is CCOC(=O)CCN(C)CC(=O)Nc1c(C)nn(C)c1C. The van der Waals surface area contributed by atoms with E-state index >= 15 is 0 Å². The lowest BCUT2D eigenvalue weighted by Crippen LogP contribution is -2.32. The minimum atomic E-state index is -0.247. The lowest BCUT2D eigenvalue weighted by molar-refractivity contribution is -0.143. The van der Waals surface area contributed by atoms with Crippen LogP contribution >= 0.6 is 0 Å². The van der Waals surface area contributed by atoms with Gasteiger partial charge in [0.2, 0.25) is 5.91 Å². The van der Waals surface area contributed by atoms with Gasteiger partial charge in [0.15, 0.2) is 0 Å². The summed E-state index contributed by atoms with van der Waals surface area (Å²) in [5, 5.41) is 7.11. The van der Waals surface area contributed by atoms with Crippen LogP contribution in [0.15, 0.2) is 0 Å². The highest BCUT2D eigenvalue weighted by molar-refractivity contribution is 5.93. The van der Waals surface area contributed by atoms with Crippen LogP contribution in [0.5, 0.6) is 0 Å². The van der Waals surface area contributed by atoms with E-state index in [1.54, 1.807) is 23.6 Å². The van der Waals surface area contributed by atoms with E-state index in [4.69, 9.17) is 4.74 Å². The lowest BCUT2D eigenvalue weighted by atomic mass is 10.3. The molecule has 7 nitrogen and oxygen atoms in total. The Morgan fingerprint density at radius 3 is 2.57 bits per heavy atom. The van der Waals surface area contributed by atoms with Gasteiger partial charge >= 0.3 is 5.97 Å². The summed E-state index contributed by atoms with van der Waals surface area (Å²) in [5.74, 6) is -0.371. The highest BCUT2D eigenvalue weighted by Crippen LogP contribution is 2.17. The molecule has 0 bridgehead atoms. The molecule has 0 saturated heterocycles. The number of carbonyl (C=O) groups is 2. The molecule has 1 N–H and O–H groups in total. The zero-order chi connectivity index (χ0) is 16.0. The van der Waals surface area contributed by atoms with E-state index in [-0.39, 0.29) is 24.8 Å². The fraction of sp³-hybridized carbons (Fsp3) is 0.643. The largest absolute Gasteiger partial charge is 0.466 e. The first-order valence-electron chi connectivity index (χ1n) is 6.99. The molecule has 1 rings (SSSR count). The summed E-state index contributed by atoms with van der Waals surface area (Å²) in [7, 11) is 3.63. The quantitative estimate of drug-likeness (QED) is 0.755. The van der Waals surface area contributed by atoms with Crippen LogP contribution in [-0.2, 0) is 21.4 Å². The van der Waals surface area contributed by atoms with E-state index in [0.717, 1.165) is 17.1 Å². The summed E-state index contributed by atoms with van der Waals surface area (Å²) in [4.78, 5) is 25.0. The number of hydrogen-bond donors (Lipinski definition) is 1. The van der Waals surface area contributed by atoms with Crippen LogP contribution in [0.2, 0.25) is 0 Å². The van der Waals surface area contributed by atoms with E-state index in [1.165, 1.54) is 0 Å². The van der Waals surface area contributed by atoms with Crippen molar-refractivity contribution in [3.63, 3.8) is 0 Å². The van der Waals surface area contributed by atoms with Crippen molar-refractivity contribution < 1.29 is 14.3 Å². The Labute approximate surface area is 125 Å². The highest BCUT2D eigenvalue weighted by Gasteiger charge is 2.14. The Kier molecular flexibility index (Phi) is 6.36. The molecule has 1 aromatic rings. The van der Waals surface area contributed by atoms with Gasteiger partial charge in [-0.05, 0) is 27.8 Å². The topological polar surface area (TPSA) is 76.5 Å². The highest BCUT2D eigenvalue weighted by atomic mass is 16.5. The van der Waals surface area contributed by atoms with Gasteiger partial charge in [-0.3, -0.25) is 19.2 Å². The third kappa shape index (κ3) is 5.18. The number of nitrogens with zero attached hydrogens (tertiary/aromatic N) is 3. The van der Waals surface area contributed by atoms with Crippen molar-refractivity contribution >= 4 is 17.6 Å². The van der Waals surface area contributed by atoms with Gasteiger partial charge in [-0.2, -0.15) is 5.10 Å². The zero-order valence-corrected chi connectivity index (χ0v) is 13.4. The number of anilines is 1. The summed E-state index contributed by atoms with van der Waals surface area (Å²) >= 11 is 0. The maximum absolute atomic E-state index is 12.0. The molecule has 0 atom stereocenters. The van der Waals surface area contributed by atoms with Crippen molar-refractivity contribution in [1.82, 2.24) is 14.7 Å². The Morgan fingerprint density at radius 1 is 1.38 bits per heavy atom. The van der Waals surface area contributed by atoms with Crippen molar-refractivity contribution in [2.45, 2.75) is 27.2 Å². The first kappa shape index (κ1) is 17.2. The molecule has 1 amide bonds. The van der Waals surface area contributed by atoms with Crippen LogP contribution in [0.4, 0.5) is 5.69 Å². The molecule has 0 fully saturated rings. The van der Waals surface area contributed by atoms with Crippen LogP contribution in [-0.4, -0.2) is 53.3 Å². The van der Waals surface area contributed by atoms with Gasteiger partial charge in [0.05, 0.1) is 36.6 Å². The number of hydrogen-bond acceptors (Lipinski definition) is 5. The molecule has 21 heavy (non-hydrogen) atoms. The fourth-order valence-corrected chi connectivity index (χ4v) is 1.97. The second-order valence-electron chi connectivity index (χ2n) is 5.01. The van der Waals surface area contributed by atoms with Crippen LogP contribution < -0.4 is 5.32 Å². The van der Waals surface area contributed by atoms with Crippen molar-refractivity contribution in [2.24, 2.45) is 7.05 Å². The van der Waals surface area contributed by atoms with E-state index < -0.39 is 0 Å². The van der Waals surface area contributed by atoms with Crippen LogP contribution in [0.25, 0.3) is 0 Å². The molecule has 0 unspecified atom stereocenters. The van der Waals surface area contributed by atoms with Gasteiger partial charge in [0.25, 0.3) is 0 Å². The summed E-state index contributed by atoms with van der Waals surface area (Å²) in [6.45, 7) is 6.60. The number of aryl methyl sites for hydroxylation is 2. The van der Waals surface area contributed by atoms with Crippen molar-refractivity contribution in [1.29, 1.82) is 0 Å². The maximum atomic E-state index is 12.0. The van der Waals surface area contributed by atoms with Gasteiger partial charge < -0.3 is 10.1 Å². The molecule has 1 heterocycles. The van der Waals surface area contributed by atoms with Gasteiger partial charge in [0.1, 0.15) is 0 Å². The summed E-state index contributed by atoms with van der Waals surface area (Å²) in [6.07, 6.45) is 0.280. The average Bonchev–Trinajstić information content (AvgIpc) is 2.63. The third-order valence-electron chi connectivity index (χ3n) is 3.19. The number of carbonyl (C=O) groups excluding carboxylic acids is 2. The number of rotatable bonds is 7. The predicted molar refractivity (Wildman–Crippen MR) is 80.1 cm³/mol. The minimum Gasteiger partial charge on any atom is -0.466 e. The summed E-state index contributed by atoms with van der Waals surface area (Å²) in [6, 6.07) is 0. The second-order valence-corrected chi connectivity index (χ2v) is 5.01. The first-order valence-corrected chi connectivity index (χ1v) is 6.99. The molecule has 0 aliphatic rings. The predicted octanol–water partition coefficient (Wildman–Crippen LogP) is 0.860. The van der Waals surface area contributed by atoms with E-state index in [9.17, 15) is 9.59 Å². The van der Waals surface area contributed by atoms with Crippen LogP contribution in [0.1, 0.15) is 24.7 Å². The van der Waals surface area contributed by atoms with Gasteiger partial charge in [-0.1, -0.05) is 0 Å². The Morgan fingerprint density at radius 2 is 2.05 bits per heavy atom. The third-order valence-corrected chi connectivity index (χ3v) is 3.19. The molecule has 0 radical (unpaired) electrons. The molecule has 1 aromatic heterocycles. The van der Waals surface area contributed by atoms with E-state index in [2.05, 4.69) is 10.4 Å². The van der Waals surface area contributed by atoms with Gasteiger partial charge in [-0.25, -0.2) is 0 Å². The monoisotopic (exact) mass is 296 g/mol. The Hall–Kier alpha value is -1.89. The lowest BCUT2D eigenvalue weighted by Gasteiger charge is -2.15. The van der Waals surface area contributed by atoms with Gasteiger partial charge in [-0.15, -0.1) is 0 Å². The molecule has 7 heteroatoms. The number of aromatic nitrogens is 2. The number of esters is 1. The molecule has 0 aromatic carbocycles.